The van der Waals surface area contributed by atoms with Crippen molar-refractivity contribution in [3.05, 3.63) is 70.2 Å². The molecule has 0 spiro atoms. The summed E-state index contributed by atoms with van der Waals surface area (Å²) in [6.07, 6.45) is 1.97. The van der Waals surface area contributed by atoms with E-state index in [1.54, 1.807) is 24.3 Å². The van der Waals surface area contributed by atoms with Crippen molar-refractivity contribution >= 4 is 23.4 Å². The Balaban J connectivity index is 1.73. The lowest BCUT2D eigenvalue weighted by molar-refractivity contribution is -0.121. The smallest absolute Gasteiger partial charge is 0.251 e. The van der Waals surface area contributed by atoms with Crippen molar-refractivity contribution in [3.8, 4) is 0 Å². The topological polar surface area (TPSA) is 61.4 Å². The van der Waals surface area contributed by atoms with E-state index in [1.165, 1.54) is 11.1 Å². The van der Waals surface area contributed by atoms with Gasteiger partial charge in [0.2, 0.25) is 5.91 Å². The van der Waals surface area contributed by atoms with Crippen LogP contribution in [0.5, 0.6) is 0 Å². The van der Waals surface area contributed by atoms with Crippen LogP contribution in [0.2, 0.25) is 5.02 Å². The summed E-state index contributed by atoms with van der Waals surface area (Å²) >= 11 is 5.82. The molecule has 2 aromatic rings. The van der Waals surface area contributed by atoms with Crippen molar-refractivity contribution < 1.29 is 9.59 Å². The summed E-state index contributed by atoms with van der Waals surface area (Å²) in [5.41, 5.74) is 3.04. The fourth-order valence-corrected chi connectivity index (χ4v) is 3.15. The van der Waals surface area contributed by atoms with E-state index < -0.39 is 0 Å². The first kappa shape index (κ1) is 22.9. The van der Waals surface area contributed by atoms with Gasteiger partial charge in [-0.2, -0.15) is 0 Å². The molecule has 0 bridgehead atoms. The highest BCUT2D eigenvalue weighted by Crippen LogP contribution is 2.18. The van der Waals surface area contributed by atoms with Gasteiger partial charge in [-0.1, -0.05) is 42.8 Å². The van der Waals surface area contributed by atoms with E-state index in [1.807, 2.05) is 14.1 Å². The molecule has 0 fully saturated rings. The maximum Gasteiger partial charge on any atom is 0.251 e. The minimum Gasteiger partial charge on any atom is -0.354 e. The molecular weight excluding hydrogens is 386 g/mol. The number of hydrogen-bond acceptors (Lipinski definition) is 3. The maximum atomic E-state index is 12.2. The summed E-state index contributed by atoms with van der Waals surface area (Å²) in [5.74, 6) is -0.173. The van der Waals surface area contributed by atoms with E-state index in [9.17, 15) is 9.59 Å². The van der Waals surface area contributed by atoms with Crippen LogP contribution in [0.1, 0.15) is 47.3 Å². The predicted molar refractivity (Wildman–Crippen MR) is 118 cm³/mol. The predicted octanol–water partition coefficient (Wildman–Crippen LogP) is 3.83. The Hall–Kier alpha value is -2.37. The van der Waals surface area contributed by atoms with Crippen molar-refractivity contribution in [3.63, 3.8) is 0 Å². The number of aryl methyl sites for hydroxylation is 1. The van der Waals surface area contributed by atoms with E-state index >= 15 is 0 Å². The summed E-state index contributed by atoms with van der Waals surface area (Å²) in [4.78, 5) is 26.3. The number of hydrogen-bond donors (Lipinski definition) is 2. The first-order chi connectivity index (χ1) is 13.9. The molecule has 0 saturated carbocycles. The molecule has 0 aliphatic heterocycles. The highest BCUT2D eigenvalue weighted by molar-refractivity contribution is 6.30. The lowest BCUT2D eigenvalue weighted by Crippen LogP contribution is -2.35. The molecule has 0 aliphatic carbocycles. The molecule has 5 nitrogen and oxygen atoms in total. The van der Waals surface area contributed by atoms with E-state index in [0.29, 0.717) is 36.5 Å². The third kappa shape index (κ3) is 7.52. The molecule has 0 aliphatic rings. The summed E-state index contributed by atoms with van der Waals surface area (Å²) in [6.45, 7) is 3.13. The first-order valence-corrected chi connectivity index (χ1v) is 10.3. The summed E-state index contributed by atoms with van der Waals surface area (Å²) in [5, 5.41) is 6.43. The van der Waals surface area contributed by atoms with Crippen LogP contribution in [-0.2, 0) is 11.2 Å². The molecule has 0 saturated heterocycles. The highest BCUT2D eigenvalue weighted by Gasteiger charge is 2.15. The molecule has 0 heterocycles. The van der Waals surface area contributed by atoms with Crippen molar-refractivity contribution in [2.45, 2.75) is 32.2 Å². The van der Waals surface area contributed by atoms with Gasteiger partial charge >= 0.3 is 0 Å². The van der Waals surface area contributed by atoms with Crippen LogP contribution >= 0.6 is 11.6 Å². The average Bonchev–Trinajstić information content (AvgIpc) is 2.72. The molecule has 1 atom stereocenters. The zero-order chi connectivity index (χ0) is 21.2. The first-order valence-electron chi connectivity index (χ1n) is 9.96. The molecule has 156 valence electrons. The number of carbonyl (C=O) groups excluding carboxylic acids is 2. The molecule has 2 aromatic carbocycles. The number of carbonyl (C=O) groups is 2. The lowest BCUT2D eigenvalue weighted by atomic mass is 10.0. The standard InChI is InChI=1S/C23H30ClN3O2/c1-4-17-7-9-18(10-8-17)21(27(2)3)16-26-22(28)6-5-15-25-23(29)19-11-13-20(24)14-12-19/h7-14,21H,4-6,15-16H2,1-3H3,(H,25,29)(H,26,28). The number of nitrogens with zero attached hydrogens (tertiary/aromatic N) is 1. The van der Waals surface area contributed by atoms with Crippen LogP contribution in [0, 0.1) is 0 Å². The molecule has 29 heavy (non-hydrogen) atoms. The van der Waals surface area contributed by atoms with Crippen LogP contribution in [0.25, 0.3) is 0 Å². The van der Waals surface area contributed by atoms with Crippen molar-refractivity contribution in [1.82, 2.24) is 15.5 Å². The van der Waals surface area contributed by atoms with Gasteiger partial charge in [0.05, 0.1) is 6.04 Å². The van der Waals surface area contributed by atoms with Gasteiger partial charge in [-0.05, 0) is 62.3 Å². The minimum absolute atomic E-state index is 0.0113. The van der Waals surface area contributed by atoms with Gasteiger partial charge in [0.15, 0.2) is 0 Å². The zero-order valence-corrected chi connectivity index (χ0v) is 18.1. The Kier molecular flexibility index (Phi) is 9.16. The van der Waals surface area contributed by atoms with Crippen LogP contribution in [0.4, 0.5) is 0 Å². The van der Waals surface area contributed by atoms with Gasteiger partial charge in [0, 0.05) is 30.1 Å². The van der Waals surface area contributed by atoms with Crippen LogP contribution in [0.15, 0.2) is 48.5 Å². The molecule has 6 heteroatoms. The molecule has 0 aromatic heterocycles. The third-order valence-electron chi connectivity index (χ3n) is 4.86. The second-order valence-electron chi connectivity index (χ2n) is 7.24. The number of nitrogens with one attached hydrogen (secondary N) is 2. The van der Waals surface area contributed by atoms with E-state index in [0.717, 1.165) is 6.42 Å². The Morgan fingerprint density at radius 1 is 1.00 bits per heavy atom. The number of halogens is 1. The molecule has 2 amide bonds. The third-order valence-corrected chi connectivity index (χ3v) is 5.11. The summed E-state index contributed by atoms with van der Waals surface area (Å²) in [6, 6.07) is 15.4. The Labute approximate surface area is 178 Å². The van der Waals surface area contributed by atoms with Gasteiger partial charge in [0.25, 0.3) is 5.91 Å². The maximum absolute atomic E-state index is 12.2. The molecular formula is C23H30ClN3O2. The SMILES string of the molecule is CCc1ccc(C(CNC(=O)CCCNC(=O)c2ccc(Cl)cc2)N(C)C)cc1. The fraction of sp³-hybridized carbons (Fsp3) is 0.391. The van der Waals surface area contributed by atoms with E-state index in [-0.39, 0.29) is 17.9 Å². The minimum atomic E-state index is -0.162. The van der Waals surface area contributed by atoms with Crippen molar-refractivity contribution in [1.29, 1.82) is 0 Å². The van der Waals surface area contributed by atoms with Gasteiger partial charge in [-0.25, -0.2) is 0 Å². The van der Waals surface area contributed by atoms with Crippen molar-refractivity contribution in [2.75, 3.05) is 27.2 Å². The lowest BCUT2D eigenvalue weighted by Gasteiger charge is -2.25. The number of rotatable bonds is 10. The number of likely N-dealkylation sites (N-methyl/N-ethyl adjacent to an activating group) is 1. The van der Waals surface area contributed by atoms with Crippen LogP contribution < -0.4 is 10.6 Å². The van der Waals surface area contributed by atoms with E-state index in [2.05, 4.69) is 46.7 Å². The Morgan fingerprint density at radius 2 is 1.66 bits per heavy atom. The second kappa shape index (κ2) is 11.6. The fourth-order valence-electron chi connectivity index (χ4n) is 3.03. The molecule has 0 radical (unpaired) electrons. The highest BCUT2D eigenvalue weighted by atomic mass is 35.5. The monoisotopic (exact) mass is 415 g/mol. The second-order valence-corrected chi connectivity index (χ2v) is 7.68. The van der Waals surface area contributed by atoms with Crippen molar-refractivity contribution in [2.24, 2.45) is 0 Å². The largest absolute Gasteiger partial charge is 0.354 e. The van der Waals surface area contributed by atoms with Gasteiger partial charge in [-0.3, -0.25) is 9.59 Å². The number of benzene rings is 2. The zero-order valence-electron chi connectivity index (χ0n) is 17.4. The number of amides is 2. The van der Waals surface area contributed by atoms with E-state index in [4.69, 9.17) is 11.6 Å². The normalized spacial score (nSPS) is 11.9. The molecule has 2 N–H and O–H groups in total. The average molecular weight is 416 g/mol. The quantitative estimate of drug-likeness (QED) is 0.580. The molecule has 2 rings (SSSR count). The Morgan fingerprint density at radius 3 is 2.24 bits per heavy atom. The van der Waals surface area contributed by atoms with Gasteiger partial charge in [-0.15, -0.1) is 0 Å². The molecule has 1 unspecified atom stereocenters. The van der Waals surface area contributed by atoms with Crippen LogP contribution in [0.3, 0.4) is 0 Å². The van der Waals surface area contributed by atoms with Gasteiger partial charge < -0.3 is 15.5 Å². The Bertz CT molecular complexity index is 789. The summed E-state index contributed by atoms with van der Waals surface area (Å²) in [7, 11) is 4.02. The summed E-state index contributed by atoms with van der Waals surface area (Å²) < 4.78 is 0. The van der Waals surface area contributed by atoms with Crippen LogP contribution in [-0.4, -0.2) is 43.9 Å². The van der Waals surface area contributed by atoms with Gasteiger partial charge in [0.1, 0.15) is 0 Å².